The molecule has 0 saturated heterocycles. The molecule has 7 nitrogen and oxygen atoms in total. The highest BCUT2D eigenvalue weighted by Gasteiger charge is 2.17. The Morgan fingerprint density at radius 1 is 1.29 bits per heavy atom. The van der Waals surface area contributed by atoms with Crippen LogP contribution in [0.1, 0.15) is 10.4 Å². The zero-order valence-corrected chi connectivity index (χ0v) is 10.6. The van der Waals surface area contributed by atoms with Gasteiger partial charge >= 0.3 is 5.97 Å². The van der Waals surface area contributed by atoms with Gasteiger partial charge in [0.25, 0.3) is 0 Å². The van der Waals surface area contributed by atoms with E-state index in [1.54, 1.807) is 41.4 Å². The Morgan fingerprint density at radius 2 is 2.19 bits per heavy atom. The lowest BCUT2D eigenvalue weighted by Crippen LogP contribution is -1.96. The molecule has 7 heteroatoms. The summed E-state index contributed by atoms with van der Waals surface area (Å²) in [4.78, 5) is 19.6. The van der Waals surface area contributed by atoms with Crippen LogP contribution in [0, 0.1) is 0 Å². The number of carboxylic acids is 1. The lowest BCUT2D eigenvalue weighted by molar-refractivity contribution is 0.0699. The number of carboxylic acid groups (broad SMARTS) is 1. The quantitative estimate of drug-likeness (QED) is 0.605. The Kier molecular flexibility index (Phi) is 2.28. The van der Waals surface area contributed by atoms with Gasteiger partial charge in [0, 0.05) is 12.4 Å². The highest BCUT2D eigenvalue weighted by atomic mass is 16.4. The standard InChI is InChI=1S/C14H8N4O3/c19-14(20)8-2-1-3-11-12(8)17-13(21-11)9-6-16-18-5-4-15-7-10(9)18/h1-7H,(H,19,20). The number of rotatable bonds is 2. The second-order valence-electron chi connectivity index (χ2n) is 4.44. The summed E-state index contributed by atoms with van der Waals surface area (Å²) in [5.74, 6) is -0.719. The third kappa shape index (κ3) is 1.68. The molecular weight excluding hydrogens is 272 g/mol. The highest BCUT2D eigenvalue weighted by molar-refractivity contribution is 6.01. The highest BCUT2D eigenvalue weighted by Crippen LogP contribution is 2.28. The third-order valence-corrected chi connectivity index (χ3v) is 3.20. The number of aromatic carboxylic acids is 1. The lowest BCUT2D eigenvalue weighted by Gasteiger charge is -1.92. The van der Waals surface area contributed by atoms with Crippen molar-refractivity contribution in [2.75, 3.05) is 0 Å². The van der Waals surface area contributed by atoms with E-state index in [0.29, 0.717) is 22.6 Å². The molecular formula is C14H8N4O3. The summed E-state index contributed by atoms with van der Waals surface area (Å²) in [5.41, 5.74) is 2.25. The number of aromatic nitrogens is 4. The first-order valence-electron chi connectivity index (χ1n) is 6.14. The lowest BCUT2D eigenvalue weighted by atomic mass is 10.2. The molecule has 0 aliphatic heterocycles. The minimum atomic E-state index is -1.04. The monoisotopic (exact) mass is 280 g/mol. The van der Waals surface area contributed by atoms with E-state index >= 15 is 0 Å². The summed E-state index contributed by atoms with van der Waals surface area (Å²) >= 11 is 0. The number of oxazole rings is 1. The summed E-state index contributed by atoms with van der Waals surface area (Å²) in [6, 6.07) is 4.80. The van der Waals surface area contributed by atoms with E-state index in [-0.39, 0.29) is 5.56 Å². The van der Waals surface area contributed by atoms with Crippen molar-refractivity contribution in [1.82, 2.24) is 19.6 Å². The molecule has 0 aliphatic carbocycles. The molecule has 21 heavy (non-hydrogen) atoms. The first-order valence-corrected chi connectivity index (χ1v) is 6.14. The molecule has 4 rings (SSSR count). The summed E-state index contributed by atoms with van der Waals surface area (Å²) in [6.45, 7) is 0. The van der Waals surface area contributed by atoms with Crippen LogP contribution in [0.4, 0.5) is 0 Å². The maximum atomic E-state index is 11.2. The van der Waals surface area contributed by atoms with Crippen molar-refractivity contribution in [2.24, 2.45) is 0 Å². The number of nitrogens with zero attached hydrogens (tertiary/aromatic N) is 4. The van der Waals surface area contributed by atoms with E-state index in [4.69, 9.17) is 4.42 Å². The molecule has 0 atom stereocenters. The molecule has 0 bridgehead atoms. The molecule has 0 unspecified atom stereocenters. The molecule has 0 amide bonds. The molecule has 0 spiro atoms. The normalized spacial score (nSPS) is 11.2. The van der Waals surface area contributed by atoms with Gasteiger partial charge in [-0.1, -0.05) is 6.07 Å². The fraction of sp³-hybridized carbons (Fsp3) is 0. The average Bonchev–Trinajstić information content (AvgIpc) is 3.09. The zero-order chi connectivity index (χ0) is 14.4. The van der Waals surface area contributed by atoms with Gasteiger partial charge in [-0.05, 0) is 12.1 Å². The predicted molar refractivity (Wildman–Crippen MR) is 72.9 cm³/mol. The number of hydrogen-bond acceptors (Lipinski definition) is 5. The number of fused-ring (bicyclic) bond motifs is 2. The van der Waals surface area contributed by atoms with Crippen molar-refractivity contribution in [3.8, 4) is 11.5 Å². The molecule has 3 aromatic heterocycles. The van der Waals surface area contributed by atoms with Gasteiger partial charge in [-0.25, -0.2) is 14.3 Å². The number of carbonyl (C=O) groups is 1. The van der Waals surface area contributed by atoms with Gasteiger partial charge in [0.2, 0.25) is 5.89 Å². The van der Waals surface area contributed by atoms with Crippen LogP contribution in [0.25, 0.3) is 28.1 Å². The molecule has 1 aromatic carbocycles. The summed E-state index contributed by atoms with van der Waals surface area (Å²) in [5, 5.41) is 13.4. The second kappa shape index (κ2) is 4.14. The molecule has 0 aliphatic rings. The van der Waals surface area contributed by atoms with E-state index < -0.39 is 5.97 Å². The van der Waals surface area contributed by atoms with Crippen molar-refractivity contribution < 1.29 is 14.3 Å². The van der Waals surface area contributed by atoms with Crippen molar-refractivity contribution in [1.29, 1.82) is 0 Å². The van der Waals surface area contributed by atoms with E-state index in [2.05, 4.69) is 15.1 Å². The molecule has 0 radical (unpaired) electrons. The van der Waals surface area contributed by atoms with Crippen LogP contribution in [0.15, 0.2) is 47.4 Å². The fourth-order valence-corrected chi connectivity index (χ4v) is 2.24. The number of para-hydroxylation sites is 1. The average molecular weight is 280 g/mol. The van der Waals surface area contributed by atoms with Crippen LogP contribution in [-0.2, 0) is 0 Å². The van der Waals surface area contributed by atoms with Gasteiger partial charge in [0.1, 0.15) is 5.52 Å². The maximum Gasteiger partial charge on any atom is 0.338 e. The Hall–Kier alpha value is -3.22. The SMILES string of the molecule is O=C(O)c1cccc2oc(-c3cnn4ccncc34)nc12. The van der Waals surface area contributed by atoms with Crippen molar-refractivity contribution in [3.05, 3.63) is 48.5 Å². The van der Waals surface area contributed by atoms with Gasteiger partial charge in [0.15, 0.2) is 5.58 Å². The van der Waals surface area contributed by atoms with E-state index in [1.807, 2.05) is 0 Å². The second-order valence-corrected chi connectivity index (χ2v) is 4.44. The van der Waals surface area contributed by atoms with Gasteiger partial charge in [-0.15, -0.1) is 0 Å². The topological polar surface area (TPSA) is 93.5 Å². The van der Waals surface area contributed by atoms with Crippen LogP contribution in [-0.4, -0.2) is 30.7 Å². The van der Waals surface area contributed by atoms with E-state index in [1.165, 1.54) is 6.07 Å². The van der Waals surface area contributed by atoms with Gasteiger partial charge in [-0.3, -0.25) is 4.98 Å². The zero-order valence-electron chi connectivity index (χ0n) is 10.6. The largest absolute Gasteiger partial charge is 0.478 e. The molecule has 4 aromatic rings. The molecule has 102 valence electrons. The van der Waals surface area contributed by atoms with Crippen LogP contribution < -0.4 is 0 Å². The van der Waals surface area contributed by atoms with Gasteiger partial charge in [-0.2, -0.15) is 5.10 Å². The van der Waals surface area contributed by atoms with Crippen LogP contribution in [0.3, 0.4) is 0 Å². The number of benzene rings is 1. The Morgan fingerprint density at radius 3 is 3.05 bits per heavy atom. The molecule has 0 fully saturated rings. The predicted octanol–water partition coefficient (Wildman–Crippen LogP) is 2.24. The Bertz CT molecular complexity index is 986. The van der Waals surface area contributed by atoms with Crippen LogP contribution in [0.2, 0.25) is 0 Å². The Labute approximate surface area is 117 Å². The third-order valence-electron chi connectivity index (χ3n) is 3.20. The summed E-state index contributed by atoms with van der Waals surface area (Å²) in [7, 11) is 0. The minimum Gasteiger partial charge on any atom is -0.478 e. The molecule has 3 heterocycles. The summed E-state index contributed by atoms with van der Waals surface area (Å²) in [6.07, 6.45) is 6.60. The van der Waals surface area contributed by atoms with E-state index in [0.717, 1.165) is 5.52 Å². The van der Waals surface area contributed by atoms with Gasteiger partial charge < -0.3 is 9.52 Å². The van der Waals surface area contributed by atoms with Crippen LogP contribution in [0.5, 0.6) is 0 Å². The van der Waals surface area contributed by atoms with E-state index in [9.17, 15) is 9.90 Å². The smallest absolute Gasteiger partial charge is 0.338 e. The van der Waals surface area contributed by atoms with Gasteiger partial charge in [0.05, 0.1) is 29.0 Å². The fourth-order valence-electron chi connectivity index (χ4n) is 2.24. The first-order chi connectivity index (χ1) is 10.2. The summed E-state index contributed by atoms with van der Waals surface area (Å²) < 4.78 is 7.30. The molecule has 1 N–H and O–H groups in total. The van der Waals surface area contributed by atoms with Crippen LogP contribution >= 0.6 is 0 Å². The number of hydrogen-bond donors (Lipinski definition) is 1. The van der Waals surface area contributed by atoms with Crippen molar-refractivity contribution in [3.63, 3.8) is 0 Å². The molecule has 0 saturated carbocycles. The minimum absolute atomic E-state index is 0.108. The van der Waals surface area contributed by atoms with Crippen molar-refractivity contribution >= 4 is 22.6 Å². The Balaban J connectivity index is 1.99. The first kappa shape index (κ1) is 11.6. The van der Waals surface area contributed by atoms with Crippen molar-refractivity contribution in [2.45, 2.75) is 0 Å². The maximum absolute atomic E-state index is 11.2.